The zero-order valence-electron chi connectivity index (χ0n) is 29.6. The number of ether oxygens (including phenoxy) is 7. The summed E-state index contributed by atoms with van der Waals surface area (Å²) in [6.45, 7) is 22.5. The van der Waals surface area contributed by atoms with Gasteiger partial charge in [0.25, 0.3) is 0 Å². The molecular weight excluding hydrogens is 580 g/mol. The highest BCUT2D eigenvalue weighted by Gasteiger charge is 2.51. The van der Waals surface area contributed by atoms with Gasteiger partial charge in [-0.25, -0.2) is 0 Å². The lowest BCUT2D eigenvalue weighted by molar-refractivity contribution is -0.363. The van der Waals surface area contributed by atoms with Crippen molar-refractivity contribution in [2.24, 2.45) is 35.5 Å². The summed E-state index contributed by atoms with van der Waals surface area (Å²) in [5.41, 5.74) is 0. The summed E-state index contributed by atoms with van der Waals surface area (Å²) in [7, 11) is 0. The first kappa shape index (κ1) is 37.4. The zero-order chi connectivity index (χ0) is 33.3. The normalized spacial score (nSPS) is 52.9. The lowest BCUT2D eigenvalue weighted by atomic mass is 9.82. The first-order chi connectivity index (χ1) is 21.3. The van der Waals surface area contributed by atoms with Gasteiger partial charge in [-0.1, -0.05) is 69.2 Å². The Kier molecular flexibility index (Phi) is 13.2. The first-order valence-corrected chi connectivity index (χ1v) is 17.9. The fourth-order valence-corrected chi connectivity index (χ4v) is 7.89. The van der Waals surface area contributed by atoms with Crippen molar-refractivity contribution < 1.29 is 48.5 Å². The Bertz CT molecular complexity index is 900. The maximum absolute atomic E-state index is 11.5. The van der Waals surface area contributed by atoms with Crippen LogP contribution < -0.4 is 0 Å². The fourth-order valence-electron chi connectivity index (χ4n) is 7.89. The lowest BCUT2D eigenvalue weighted by Crippen LogP contribution is -2.61. The second-order valence-electron chi connectivity index (χ2n) is 14.6. The van der Waals surface area contributed by atoms with Crippen molar-refractivity contribution in [1.82, 2.24) is 0 Å². The molecule has 0 saturated carbocycles. The number of hydrogen-bond acceptors (Lipinski definition) is 10. The summed E-state index contributed by atoms with van der Waals surface area (Å²) in [5, 5.41) is 32.9. The summed E-state index contributed by atoms with van der Waals surface area (Å²) >= 11 is 0. The van der Waals surface area contributed by atoms with E-state index in [1.54, 1.807) is 0 Å². The molecule has 0 aromatic heterocycles. The Balaban J connectivity index is 1.43. The minimum atomic E-state index is -0.912. The standard InChI is InChI=1S/C35H64O10/c1-12-23-28(37)16(5)18(7)33(40-23)44-32-21(10)29(38)35(42-26(32)15-4)45-30-17(6)19(8)34(41-25(30)14-3)43-31-20(9)27(36)22(11)39-24(31)13-2/h16-38H,12-15H2,1-11H3/t16?,17-,18?,19?,20-,21?,22+,23?,24?,25?,26?,27?,28+,29?,30-,31-,32+,33-,34+,35-/m1/s1. The Hall–Kier alpha value is -0.400. The van der Waals surface area contributed by atoms with Crippen LogP contribution in [-0.2, 0) is 33.2 Å². The topological polar surface area (TPSA) is 125 Å². The molecule has 4 saturated heterocycles. The smallest absolute Gasteiger partial charge is 0.184 e. The Labute approximate surface area is 271 Å². The van der Waals surface area contributed by atoms with Gasteiger partial charge in [0, 0.05) is 23.7 Å². The molecule has 20 atom stereocenters. The van der Waals surface area contributed by atoms with Gasteiger partial charge in [0.2, 0.25) is 0 Å². The van der Waals surface area contributed by atoms with E-state index in [1.807, 2.05) is 41.5 Å². The molecule has 0 amide bonds. The molecule has 0 aliphatic carbocycles. The van der Waals surface area contributed by atoms with Crippen LogP contribution in [0.25, 0.3) is 0 Å². The van der Waals surface area contributed by atoms with Crippen LogP contribution in [0.5, 0.6) is 0 Å². The van der Waals surface area contributed by atoms with E-state index in [-0.39, 0.29) is 84.3 Å². The average Bonchev–Trinajstić information content (AvgIpc) is 3.03. The molecule has 0 aromatic rings. The monoisotopic (exact) mass is 644 g/mol. The minimum Gasteiger partial charge on any atom is -0.390 e. The first-order valence-electron chi connectivity index (χ1n) is 17.9. The van der Waals surface area contributed by atoms with E-state index in [4.69, 9.17) is 33.2 Å². The molecule has 0 aromatic carbocycles. The highest BCUT2D eigenvalue weighted by atomic mass is 16.7. The van der Waals surface area contributed by atoms with Gasteiger partial charge in [-0.15, -0.1) is 0 Å². The molecule has 4 fully saturated rings. The third kappa shape index (κ3) is 7.61. The van der Waals surface area contributed by atoms with Crippen LogP contribution in [-0.4, -0.2) is 101 Å². The van der Waals surface area contributed by atoms with Gasteiger partial charge in [0.1, 0.15) is 6.10 Å². The van der Waals surface area contributed by atoms with Gasteiger partial charge in [0.05, 0.1) is 61.0 Å². The molecule has 264 valence electrons. The maximum Gasteiger partial charge on any atom is 0.184 e. The molecule has 10 nitrogen and oxygen atoms in total. The van der Waals surface area contributed by atoms with E-state index in [0.717, 1.165) is 6.42 Å². The highest BCUT2D eigenvalue weighted by Crippen LogP contribution is 2.42. The van der Waals surface area contributed by atoms with Gasteiger partial charge in [-0.3, -0.25) is 0 Å². The number of aliphatic hydroxyl groups excluding tert-OH is 3. The molecule has 45 heavy (non-hydrogen) atoms. The van der Waals surface area contributed by atoms with Crippen molar-refractivity contribution in [3.8, 4) is 0 Å². The van der Waals surface area contributed by atoms with Crippen molar-refractivity contribution in [2.45, 2.75) is 188 Å². The fraction of sp³-hybridized carbons (Fsp3) is 1.00. The van der Waals surface area contributed by atoms with E-state index in [9.17, 15) is 15.3 Å². The molecule has 3 N–H and O–H groups in total. The lowest BCUT2D eigenvalue weighted by Gasteiger charge is -2.51. The molecule has 0 bridgehead atoms. The van der Waals surface area contributed by atoms with Crippen molar-refractivity contribution >= 4 is 0 Å². The van der Waals surface area contributed by atoms with Crippen molar-refractivity contribution in [2.75, 3.05) is 0 Å². The summed E-state index contributed by atoms with van der Waals surface area (Å²) in [4.78, 5) is 0. The van der Waals surface area contributed by atoms with Gasteiger partial charge < -0.3 is 48.5 Å². The van der Waals surface area contributed by atoms with Crippen LogP contribution in [0.2, 0.25) is 0 Å². The van der Waals surface area contributed by atoms with Gasteiger partial charge in [-0.05, 0) is 44.4 Å². The third-order valence-corrected chi connectivity index (χ3v) is 11.7. The van der Waals surface area contributed by atoms with E-state index in [0.29, 0.717) is 19.3 Å². The van der Waals surface area contributed by atoms with Crippen LogP contribution in [0.4, 0.5) is 0 Å². The van der Waals surface area contributed by atoms with Crippen molar-refractivity contribution in [3.63, 3.8) is 0 Å². The number of rotatable bonds is 10. The van der Waals surface area contributed by atoms with Crippen LogP contribution in [0.3, 0.4) is 0 Å². The van der Waals surface area contributed by atoms with Crippen molar-refractivity contribution in [3.05, 3.63) is 0 Å². The predicted molar refractivity (Wildman–Crippen MR) is 169 cm³/mol. The molecular formula is C35H64O10. The molecule has 4 aliphatic heterocycles. The molecule has 10 unspecified atom stereocenters. The molecule has 4 heterocycles. The summed E-state index contributed by atoms with van der Waals surface area (Å²) in [6, 6.07) is 0. The second kappa shape index (κ2) is 15.9. The van der Waals surface area contributed by atoms with E-state index in [2.05, 4.69) is 34.6 Å². The van der Waals surface area contributed by atoms with E-state index < -0.39 is 37.2 Å². The summed E-state index contributed by atoms with van der Waals surface area (Å²) in [5.74, 6) is -0.304. The predicted octanol–water partition coefficient (Wildman–Crippen LogP) is 4.64. The Morgan fingerprint density at radius 3 is 1.29 bits per heavy atom. The molecule has 10 heteroatoms. The van der Waals surface area contributed by atoms with Gasteiger partial charge in [0.15, 0.2) is 18.9 Å². The SMILES string of the molecule is CCC1O[C@H](O[C@@H]2C(CC)O[C@H](O[C@H]3C(CC)O[C@@H](O[C@H]4C(CC)O[C@@H](C)C(O)[C@H]4C)C(C)[C@H]3C)C(O)C2C)C(C)C(C)[C@@H]1O. The summed E-state index contributed by atoms with van der Waals surface area (Å²) in [6.07, 6.45) is -3.15. The minimum absolute atomic E-state index is 0.0102. The van der Waals surface area contributed by atoms with Crippen LogP contribution >= 0.6 is 0 Å². The maximum atomic E-state index is 11.5. The van der Waals surface area contributed by atoms with E-state index in [1.165, 1.54) is 0 Å². The van der Waals surface area contributed by atoms with Gasteiger partial charge >= 0.3 is 0 Å². The summed E-state index contributed by atoms with van der Waals surface area (Å²) < 4.78 is 45.2. The molecule has 0 radical (unpaired) electrons. The quantitative estimate of drug-likeness (QED) is 0.310. The van der Waals surface area contributed by atoms with Crippen molar-refractivity contribution in [1.29, 1.82) is 0 Å². The van der Waals surface area contributed by atoms with Crippen LogP contribution in [0.1, 0.15) is 102 Å². The zero-order valence-corrected chi connectivity index (χ0v) is 29.6. The average molecular weight is 645 g/mol. The largest absolute Gasteiger partial charge is 0.390 e. The Morgan fingerprint density at radius 1 is 0.400 bits per heavy atom. The Morgan fingerprint density at radius 2 is 0.778 bits per heavy atom. The third-order valence-electron chi connectivity index (χ3n) is 11.7. The molecule has 0 spiro atoms. The van der Waals surface area contributed by atoms with Crippen LogP contribution in [0, 0.1) is 35.5 Å². The molecule has 4 rings (SSSR count). The highest BCUT2D eigenvalue weighted by molar-refractivity contribution is 4.94. The number of aliphatic hydroxyl groups is 3. The second-order valence-corrected chi connectivity index (χ2v) is 14.6. The van der Waals surface area contributed by atoms with Crippen LogP contribution in [0.15, 0.2) is 0 Å². The number of hydrogen-bond donors (Lipinski definition) is 3. The van der Waals surface area contributed by atoms with Gasteiger partial charge in [-0.2, -0.15) is 0 Å². The molecule has 4 aliphatic rings. The van der Waals surface area contributed by atoms with E-state index >= 15 is 0 Å².